The summed E-state index contributed by atoms with van der Waals surface area (Å²) in [7, 11) is 0. The number of thiocarbonyl (C=S) groups is 1. The minimum Gasteiger partial charge on any atom is -0.488 e. The van der Waals surface area contributed by atoms with Crippen LogP contribution in [-0.2, 0) is 6.61 Å². The SMILES string of the molecule is Cc1cc(C(N)=S)cc(C)c1OCc1ccsc1. The third kappa shape index (κ3) is 2.89. The van der Waals surface area contributed by atoms with E-state index in [4.69, 9.17) is 22.7 Å². The fraction of sp³-hybridized carbons (Fsp3) is 0.214. The van der Waals surface area contributed by atoms with E-state index in [9.17, 15) is 0 Å². The van der Waals surface area contributed by atoms with Crippen LogP contribution in [0, 0.1) is 13.8 Å². The van der Waals surface area contributed by atoms with Gasteiger partial charge in [0.2, 0.25) is 0 Å². The third-order valence-electron chi connectivity index (χ3n) is 2.71. The summed E-state index contributed by atoms with van der Waals surface area (Å²) in [4.78, 5) is 0.422. The van der Waals surface area contributed by atoms with Gasteiger partial charge in [0, 0.05) is 5.56 Å². The van der Waals surface area contributed by atoms with Gasteiger partial charge in [-0.1, -0.05) is 12.2 Å². The van der Waals surface area contributed by atoms with Crippen LogP contribution in [0.4, 0.5) is 0 Å². The molecular weight excluding hydrogens is 262 g/mol. The molecule has 18 heavy (non-hydrogen) atoms. The predicted octanol–water partition coefficient (Wildman–Crippen LogP) is 3.58. The van der Waals surface area contributed by atoms with Gasteiger partial charge in [-0.15, -0.1) is 0 Å². The monoisotopic (exact) mass is 277 g/mol. The molecule has 2 aromatic rings. The number of ether oxygens (including phenoxy) is 1. The molecule has 0 saturated heterocycles. The van der Waals surface area contributed by atoms with Crippen molar-refractivity contribution in [3.8, 4) is 5.75 Å². The second-order valence-corrected chi connectivity index (χ2v) is 5.44. The van der Waals surface area contributed by atoms with E-state index in [0.717, 1.165) is 22.4 Å². The summed E-state index contributed by atoms with van der Waals surface area (Å²) in [6.45, 7) is 4.62. The topological polar surface area (TPSA) is 35.2 Å². The largest absolute Gasteiger partial charge is 0.488 e. The Kier molecular flexibility index (Phi) is 3.99. The first kappa shape index (κ1) is 13.1. The van der Waals surface area contributed by atoms with Gasteiger partial charge >= 0.3 is 0 Å². The summed E-state index contributed by atoms with van der Waals surface area (Å²) < 4.78 is 5.87. The van der Waals surface area contributed by atoms with E-state index in [0.29, 0.717) is 11.6 Å². The van der Waals surface area contributed by atoms with Gasteiger partial charge in [-0.25, -0.2) is 0 Å². The molecule has 2 N–H and O–H groups in total. The number of nitrogens with two attached hydrogens (primary N) is 1. The van der Waals surface area contributed by atoms with Gasteiger partial charge in [-0.05, 0) is 59.5 Å². The Morgan fingerprint density at radius 3 is 2.50 bits per heavy atom. The van der Waals surface area contributed by atoms with E-state index in [2.05, 4.69) is 11.4 Å². The molecule has 0 bridgehead atoms. The number of hydrogen-bond donors (Lipinski definition) is 1. The quantitative estimate of drug-likeness (QED) is 0.868. The van der Waals surface area contributed by atoms with Crippen LogP contribution in [0.15, 0.2) is 29.0 Å². The Bertz CT molecular complexity index is 538. The molecule has 4 heteroatoms. The third-order valence-corrected chi connectivity index (χ3v) is 3.68. The minimum absolute atomic E-state index is 0.422. The highest BCUT2D eigenvalue weighted by Gasteiger charge is 2.08. The summed E-state index contributed by atoms with van der Waals surface area (Å²) in [6, 6.07) is 6.01. The van der Waals surface area contributed by atoms with Crippen LogP contribution in [0.5, 0.6) is 5.75 Å². The normalized spacial score (nSPS) is 10.3. The van der Waals surface area contributed by atoms with Gasteiger partial charge in [-0.3, -0.25) is 0 Å². The lowest BCUT2D eigenvalue weighted by atomic mass is 10.1. The van der Waals surface area contributed by atoms with Crippen molar-refractivity contribution in [3.05, 3.63) is 51.2 Å². The van der Waals surface area contributed by atoms with Crippen molar-refractivity contribution in [1.82, 2.24) is 0 Å². The number of aryl methyl sites for hydroxylation is 2. The summed E-state index contributed by atoms with van der Waals surface area (Å²) in [5.41, 5.74) is 9.85. The molecule has 1 aromatic carbocycles. The molecule has 0 amide bonds. The van der Waals surface area contributed by atoms with Gasteiger partial charge in [-0.2, -0.15) is 11.3 Å². The number of rotatable bonds is 4. The number of benzene rings is 1. The fourth-order valence-electron chi connectivity index (χ4n) is 1.85. The first-order chi connectivity index (χ1) is 8.58. The van der Waals surface area contributed by atoms with Crippen LogP contribution in [0.1, 0.15) is 22.3 Å². The second kappa shape index (κ2) is 5.50. The van der Waals surface area contributed by atoms with E-state index in [1.165, 1.54) is 5.56 Å². The van der Waals surface area contributed by atoms with Crippen molar-refractivity contribution < 1.29 is 4.74 Å². The Labute approximate surface area is 116 Å². The first-order valence-corrected chi connectivity index (χ1v) is 6.98. The van der Waals surface area contributed by atoms with Crippen LogP contribution < -0.4 is 10.5 Å². The molecule has 2 rings (SSSR count). The van der Waals surface area contributed by atoms with E-state index in [-0.39, 0.29) is 0 Å². The molecule has 0 aliphatic rings. The van der Waals surface area contributed by atoms with Crippen LogP contribution in [0.3, 0.4) is 0 Å². The molecule has 0 radical (unpaired) electrons. The van der Waals surface area contributed by atoms with Crippen molar-refractivity contribution in [2.45, 2.75) is 20.5 Å². The molecule has 0 atom stereocenters. The fourth-order valence-corrected chi connectivity index (χ4v) is 2.62. The van der Waals surface area contributed by atoms with Crippen LogP contribution in [0.2, 0.25) is 0 Å². The maximum absolute atomic E-state index is 5.87. The molecule has 0 aliphatic carbocycles. The van der Waals surface area contributed by atoms with Gasteiger partial charge < -0.3 is 10.5 Å². The van der Waals surface area contributed by atoms with Gasteiger partial charge in [0.1, 0.15) is 17.3 Å². The molecule has 0 unspecified atom stereocenters. The van der Waals surface area contributed by atoms with E-state index < -0.39 is 0 Å². The zero-order valence-electron chi connectivity index (χ0n) is 10.4. The maximum atomic E-state index is 5.87. The number of hydrogen-bond acceptors (Lipinski definition) is 3. The van der Waals surface area contributed by atoms with Gasteiger partial charge in [0.15, 0.2) is 0 Å². The summed E-state index contributed by atoms with van der Waals surface area (Å²) in [6.07, 6.45) is 0. The molecule has 0 fully saturated rings. The smallest absolute Gasteiger partial charge is 0.125 e. The van der Waals surface area contributed by atoms with Crippen molar-refractivity contribution in [3.63, 3.8) is 0 Å². The Balaban J connectivity index is 2.20. The minimum atomic E-state index is 0.422. The predicted molar refractivity (Wildman–Crippen MR) is 80.5 cm³/mol. The Morgan fingerprint density at radius 2 is 2.00 bits per heavy atom. The zero-order chi connectivity index (χ0) is 13.1. The molecule has 2 nitrogen and oxygen atoms in total. The molecule has 0 saturated carbocycles. The molecular formula is C14H15NOS2. The zero-order valence-corrected chi connectivity index (χ0v) is 12.0. The lowest BCUT2D eigenvalue weighted by Crippen LogP contribution is -2.10. The summed E-state index contributed by atoms with van der Waals surface area (Å²) in [5.74, 6) is 0.918. The summed E-state index contributed by atoms with van der Waals surface area (Å²) in [5, 5.41) is 4.14. The van der Waals surface area contributed by atoms with Gasteiger partial charge in [0.05, 0.1) is 0 Å². The van der Waals surface area contributed by atoms with E-state index in [1.54, 1.807) is 11.3 Å². The Hall–Kier alpha value is -1.39. The highest BCUT2D eigenvalue weighted by atomic mass is 32.1. The molecule has 94 valence electrons. The first-order valence-electron chi connectivity index (χ1n) is 5.63. The average Bonchev–Trinajstić information content (AvgIpc) is 2.80. The highest BCUT2D eigenvalue weighted by Crippen LogP contribution is 2.26. The van der Waals surface area contributed by atoms with Crippen molar-refractivity contribution in [2.24, 2.45) is 5.73 Å². The summed E-state index contributed by atoms with van der Waals surface area (Å²) >= 11 is 6.67. The Morgan fingerprint density at radius 1 is 1.33 bits per heavy atom. The number of thiophene rings is 1. The second-order valence-electron chi connectivity index (χ2n) is 4.22. The van der Waals surface area contributed by atoms with Crippen molar-refractivity contribution in [1.29, 1.82) is 0 Å². The van der Waals surface area contributed by atoms with E-state index in [1.807, 2.05) is 31.4 Å². The molecule has 0 aliphatic heterocycles. The van der Waals surface area contributed by atoms with E-state index >= 15 is 0 Å². The lowest BCUT2D eigenvalue weighted by Gasteiger charge is -2.13. The molecule has 1 heterocycles. The van der Waals surface area contributed by atoms with Gasteiger partial charge in [0.25, 0.3) is 0 Å². The van der Waals surface area contributed by atoms with Crippen molar-refractivity contribution in [2.75, 3.05) is 0 Å². The standard InChI is InChI=1S/C14H15NOS2/c1-9-5-12(14(15)17)6-10(2)13(9)16-7-11-3-4-18-8-11/h3-6,8H,7H2,1-2H3,(H2,15,17). The maximum Gasteiger partial charge on any atom is 0.125 e. The average molecular weight is 277 g/mol. The lowest BCUT2D eigenvalue weighted by molar-refractivity contribution is 0.302. The highest BCUT2D eigenvalue weighted by molar-refractivity contribution is 7.80. The van der Waals surface area contributed by atoms with Crippen molar-refractivity contribution >= 4 is 28.5 Å². The van der Waals surface area contributed by atoms with Crippen LogP contribution in [0.25, 0.3) is 0 Å². The molecule has 0 spiro atoms. The van der Waals surface area contributed by atoms with Crippen LogP contribution in [-0.4, -0.2) is 4.99 Å². The molecule has 1 aromatic heterocycles. The van der Waals surface area contributed by atoms with Crippen LogP contribution >= 0.6 is 23.6 Å².